The number of benzene rings is 1. The van der Waals surface area contributed by atoms with Gasteiger partial charge in [0, 0.05) is 5.56 Å². The summed E-state index contributed by atoms with van der Waals surface area (Å²) in [6.45, 7) is 2.90. The van der Waals surface area contributed by atoms with E-state index in [9.17, 15) is 0 Å². The molecule has 0 aromatic heterocycles. The monoisotopic (exact) mass is 227 g/mol. The van der Waals surface area contributed by atoms with Crippen LogP contribution in [0.5, 0.6) is 11.5 Å². The van der Waals surface area contributed by atoms with Crippen LogP contribution in [0.4, 0.5) is 0 Å². The first-order chi connectivity index (χ1) is 7.24. The van der Waals surface area contributed by atoms with E-state index < -0.39 is 0 Å². The first-order valence-electron chi connectivity index (χ1n) is 5.01. The second kappa shape index (κ2) is 4.29. The minimum Gasteiger partial charge on any atom is -0.454 e. The van der Waals surface area contributed by atoms with Crippen molar-refractivity contribution in [1.82, 2.24) is 0 Å². The lowest BCUT2D eigenvalue weighted by Crippen LogP contribution is -2.01. The van der Waals surface area contributed by atoms with Gasteiger partial charge in [0.05, 0.1) is 5.02 Å². The van der Waals surface area contributed by atoms with Crippen LogP contribution in [-0.2, 0) is 6.42 Å². The number of halogens is 1. The number of hydrogen-bond acceptors (Lipinski definition) is 3. The molecule has 0 aliphatic carbocycles. The quantitative estimate of drug-likeness (QED) is 0.862. The third kappa shape index (κ3) is 1.90. The lowest BCUT2D eigenvalue weighted by atomic mass is 10.1. The third-order valence-corrected chi connectivity index (χ3v) is 3.08. The van der Waals surface area contributed by atoms with Gasteiger partial charge in [-0.25, -0.2) is 0 Å². The maximum Gasteiger partial charge on any atom is 0.231 e. The minimum absolute atomic E-state index is 0.285. The molecule has 0 bridgehead atoms. The molecule has 0 saturated carbocycles. The van der Waals surface area contributed by atoms with Gasteiger partial charge in [0.15, 0.2) is 11.5 Å². The molecule has 82 valence electrons. The Balaban J connectivity index is 2.36. The summed E-state index contributed by atoms with van der Waals surface area (Å²) < 4.78 is 10.7. The molecule has 3 nitrogen and oxygen atoms in total. The molecule has 0 radical (unpaired) electrons. The van der Waals surface area contributed by atoms with Gasteiger partial charge >= 0.3 is 0 Å². The smallest absolute Gasteiger partial charge is 0.231 e. The van der Waals surface area contributed by atoms with Gasteiger partial charge in [-0.3, -0.25) is 0 Å². The number of aryl methyl sites for hydroxylation is 1. The standard InChI is InChI=1S/C11H14ClNO2/c1-7-10(12)8(3-2-4-13)5-9-11(7)15-6-14-9/h5H,2-4,6,13H2,1H3. The molecule has 1 heterocycles. The van der Waals surface area contributed by atoms with Crippen LogP contribution in [0.25, 0.3) is 0 Å². The predicted octanol–water partition coefficient (Wildman–Crippen LogP) is 2.27. The SMILES string of the molecule is Cc1c(Cl)c(CCCN)cc2c1OCO2. The van der Waals surface area contributed by atoms with Crippen LogP contribution in [0.2, 0.25) is 5.02 Å². The molecule has 1 aliphatic rings. The van der Waals surface area contributed by atoms with Crippen molar-refractivity contribution in [3.63, 3.8) is 0 Å². The molecule has 2 N–H and O–H groups in total. The zero-order chi connectivity index (χ0) is 10.8. The maximum absolute atomic E-state index is 6.24. The molecule has 1 aliphatic heterocycles. The normalized spacial score (nSPS) is 13.3. The Kier molecular flexibility index (Phi) is 3.03. The molecule has 0 amide bonds. The fourth-order valence-corrected chi connectivity index (χ4v) is 1.96. The summed E-state index contributed by atoms with van der Waals surface area (Å²) in [6.07, 6.45) is 1.81. The van der Waals surface area contributed by atoms with Crippen molar-refractivity contribution in [1.29, 1.82) is 0 Å². The largest absolute Gasteiger partial charge is 0.454 e. The lowest BCUT2D eigenvalue weighted by Gasteiger charge is -2.09. The summed E-state index contributed by atoms with van der Waals surface area (Å²) in [5.74, 6) is 1.57. The van der Waals surface area contributed by atoms with E-state index in [4.69, 9.17) is 26.8 Å². The average Bonchev–Trinajstić information content (AvgIpc) is 2.69. The van der Waals surface area contributed by atoms with Gasteiger partial charge in [-0.05, 0) is 37.9 Å². The van der Waals surface area contributed by atoms with Crippen LogP contribution in [0.15, 0.2) is 6.07 Å². The van der Waals surface area contributed by atoms with E-state index >= 15 is 0 Å². The van der Waals surface area contributed by atoms with Crippen LogP contribution in [0.1, 0.15) is 17.5 Å². The molecule has 0 unspecified atom stereocenters. The van der Waals surface area contributed by atoms with Crippen molar-refractivity contribution in [3.8, 4) is 11.5 Å². The minimum atomic E-state index is 0.285. The second-order valence-electron chi connectivity index (χ2n) is 3.60. The van der Waals surface area contributed by atoms with Gasteiger partial charge < -0.3 is 15.2 Å². The van der Waals surface area contributed by atoms with E-state index in [-0.39, 0.29) is 6.79 Å². The number of nitrogens with two attached hydrogens (primary N) is 1. The van der Waals surface area contributed by atoms with Crippen molar-refractivity contribution < 1.29 is 9.47 Å². The Labute approximate surface area is 94.1 Å². The fourth-order valence-electron chi connectivity index (χ4n) is 1.73. The molecule has 1 aromatic rings. The van der Waals surface area contributed by atoms with Crippen LogP contribution >= 0.6 is 11.6 Å². The highest BCUT2D eigenvalue weighted by atomic mass is 35.5. The van der Waals surface area contributed by atoms with Gasteiger partial charge in [-0.15, -0.1) is 0 Å². The Bertz CT molecular complexity index is 379. The molecule has 0 saturated heterocycles. The van der Waals surface area contributed by atoms with E-state index in [0.717, 1.165) is 40.5 Å². The summed E-state index contributed by atoms with van der Waals surface area (Å²) in [7, 11) is 0. The molecule has 0 atom stereocenters. The molecule has 1 aromatic carbocycles. The summed E-state index contributed by atoms with van der Waals surface area (Å²) in [4.78, 5) is 0. The highest BCUT2D eigenvalue weighted by Gasteiger charge is 2.20. The van der Waals surface area contributed by atoms with E-state index in [2.05, 4.69) is 0 Å². The van der Waals surface area contributed by atoms with E-state index in [0.29, 0.717) is 6.54 Å². The Morgan fingerprint density at radius 3 is 3.00 bits per heavy atom. The van der Waals surface area contributed by atoms with E-state index in [1.54, 1.807) is 0 Å². The molecular formula is C11H14ClNO2. The van der Waals surface area contributed by atoms with E-state index in [1.165, 1.54) is 0 Å². The molecule has 2 rings (SSSR count). The number of hydrogen-bond donors (Lipinski definition) is 1. The molecule has 0 spiro atoms. The van der Waals surface area contributed by atoms with Gasteiger partial charge in [-0.1, -0.05) is 11.6 Å². The average molecular weight is 228 g/mol. The van der Waals surface area contributed by atoms with Crippen molar-refractivity contribution in [2.24, 2.45) is 5.73 Å². The maximum atomic E-state index is 6.24. The molecule has 0 fully saturated rings. The topological polar surface area (TPSA) is 44.5 Å². The van der Waals surface area contributed by atoms with Crippen LogP contribution in [0, 0.1) is 6.92 Å². The van der Waals surface area contributed by atoms with Crippen LogP contribution in [-0.4, -0.2) is 13.3 Å². The van der Waals surface area contributed by atoms with Crippen molar-refractivity contribution in [3.05, 3.63) is 22.2 Å². The zero-order valence-electron chi connectivity index (χ0n) is 8.68. The Morgan fingerprint density at radius 1 is 1.47 bits per heavy atom. The predicted molar refractivity (Wildman–Crippen MR) is 59.7 cm³/mol. The first-order valence-corrected chi connectivity index (χ1v) is 5.39. The van der Waals surface area contributed by atoms with E-state index in [1.807, 2.05) is 13.0 Å². The second-order valence-corrected chi connectivity index (χ2v) is 3.98. The van der Waals surface area contributed by atoms with Crippen molar-refractivity contribution >= 4 is 11.6 Å². The lowest BCUT2D eigenvalue weighted by molar-refractivity contribution is 0.173. The first kappa shape index (κ1) is 10.6. The van der Waals surface area contributed by atoms with Crippen molar-refractivity contribution in [2.75, 3.05) is 13.3 Å². The molecular weight excluding hydrogens is 214 g/mol. The summed E-state index contributed by atoms with van der Waals surface area (Å²) in [5, 5.41) is 0.771. The van der Waals surface area contributed by atoms with Crippen LogP contribution < -0.4 is 15.2 Å². The molecule has 15 heavy (non-hydrogen) atoms. The Morgan fingerprint density at radius 2 is 2.27 bits per heavy atom. The van der Waals surface area contributed by atoms with Gasteiger partial charge in [0.1, 0.15) is 0 Å². The fraction of sp³-hybridized carbons (Fsp3) is 0.455. The highest BCUT2D eigenvalue weighted by Crippen LogP contribution is 2.41. The number of rotatable bonds is 3. The number of fused-ring (bicyclic) bond motifs is 1. The van der Waals surface area contributed by atoms with Gasteiger partial charge in [0.25, 0.3) is 0 Å². The van der Waals surface area contributed by atoms with Gasteiger partial charge in [-0.2, -0.15) is 0 Å². The molecule has 4 heteroatoms. The Hall–Kier alpha value is -0.930. The van der Waals surface area contributed by atoms with Crippen molar-refractivity contribution in [2.45, 2.75) is 19.8 Å². The summed E-state index contributed by atoms with van der Waals surface area (Å²) in [6, 6.07) is 1.95. The number of ether oxygens (including phenoxy) is 2. The third-order valence-electron chi connectivity index (χ3n) is 2.55. The highest BCUT2D eigenvalue weighted by molar-refractivity contribution is 6.32. The zero-order valence-corrected chi connectivity index (χ0v) is 9.43. The van der Waals surface area contributed by atoms with Crippen LogP contribution in [0.3, 0.4) is 0 Å². The van der Waals surface area contributed by atoms with Gasteiger partial charge in [0.2, 0.25) is 6.79 Å². The summed E-state index contributed by atoms with van der Waals surface area (Å²) >= 11 is 6.24. The summed E-state index contributed by atoms with van der Waals surface area (Å²) in [5.41, 5.74) is 7.52.